The van der Waals surface area contributed by atoms with Crippen molar-refractivity contribution in [1.29, 1.82) is 0 Å². The molecule has 0 fully saturated rings. The van der Waals surface area contributed by atoms with Crippen LogP contribution in [0.2, 0.25) is 0 Å². The fourth-order valence-electron chi connectivity index (χ4n) is 2.11. The maximum absolute atomic E-state index is 5.36. The summed E-state index contributed by atoms with van der Waals surface area (Å²) < 4.78 is 16.0. The standard InChI is InChI=1S/C15H23NO3/c1-6-7-12(16-2)8-11-9-13(17-3)15(19-5)14(10-11)18-4/h6,9-10,12,16H,1,7-8H2,2-5H3/p+1/t12-/m0/s1. The lowest BCUT2D eigenvalue weighted by atomic mass is 10.0. The monoisotopic (exact) mass is 266 g/mol. The van der Waals surface area contributed by atoms with Gasteiger partial charge in [0.05, 0.1) is 34.4 Å². The van der Waals surface area contributed by atoms with Crippen molar-refractivity contribution in [1.82, 2.24) is 0 Å². The zero-order valence-electron chi connectivity index (χ0n) is 12.2. The summed E-state index contributed by atoms with van der Waals surface area (Å²) in [4.78, 5) is 0. The number of ether oxygens (including phenoxy) is 3. The van der Waals surface area contributed by atoms with Crippen LogP contribution in [0.1, 0.15) is 12.0 Å². The second kappa shape index (κ2) is 7.69. The first-order chi connectivity index (χ1) is 9.19. The lowest BCUT2D eigenvalue weighted by Crippen LogP contribution is -2.86. The van der Waals surface area contributed by atoms with Gasteiger partial charge in [-0.15, -0.1) is 6.58 Å². The van der Waals surface area contributed by atoms with Crippen molar-refractivity contribution < 1.29 is 19.5 Å². The molecular weight excluding hydrogens is 242 g/mol. The number of quaternary nitrogens is 1. The largest absolute Gasteiger partial charge is 0.493 e. The SMILES string of the molecule is C=CC[C@@H](Cc1cc(OC)c(OC)c(OC)c1)[NH2+]C. The average Bonchev–Trinajstić information content (AvgIpc) is 2.45. The van der Waals surface area contributed by atoms with Gasteiger partial charge in [0.15, 0.2) is 11.5 Å². The zero-order chi connectivity index (χ0) is 14.3. The lowest BCUT2D eigenvalue weighted by molar-refractivity contribution is -0.662. The van der Waals surface area contributed by atoms with Gasteiger partial charge in [-0.2, -0.15) is 0 Å². The molecule has 1 aromatic carbocycles. The minimum Gasteiger partial charge on any atom is -0.493 e. The van der Waals surface area contributed by atoms with E-state index in [1.165, 1.54) is 5.56 Å². The Labute approximate surface area is 115 Å². The van der Waals surface area contributed by atoms with Gasteiger partial charge < -0.3 is 19.5 Å². The molecule has 106 valence electrons. The van der Waals surface area contributed by atoms with Crippen molar-refractivity contribution in [3.05, 3.63) is 30.4 Å². The summed E-state index contributed by atoms with van der Waals surface area (Å²) >= 11 is 0. The molecule has 0 aromatic heterocycles. The summed E-state index contributed by atoms with van der Waals surface area (Å²) in [6.07, 6.45) is 3.84. The average molecular weight is 266 g/mol. The number of nitrogens with two attached hydrogens (primary N) is 1. The molecule has 19 heavy (non-hydrogen) atoms. The highest BCUT2D eigenvalue weighted by Gasteiger charge is 2.16. The molecule has 0 radical (unpaired) electrons. The highest BCUT2D eigenvalue weighted by atomic mass is 16.5. The number of likely N-dealkylation sites (N-methyl/N-ethyl adjacent to an activating group) is 1. The molecule has 2 N–H and O–H groups in total. The molecule has 1 rings (SSSR count). The minimum atomic E-state index is 0.473. The van der Waals surface area contributed by atoms with Gasteiger partial charge in [0.1, 0.15) is 0 Å². The van der Waals surface area contributed by atoms with Gasteiger partial charge in [0, 0.05) is 12.8 Å². The van der Waals surface area contributed by atoms with Gasteiger partial charge in [0.2, 0.25) is 5.75 Å². The van der Waals surface area contributed by atoms with E-state index >= 15 is 0 Å². The Balaban J connectivity index is 3.04. The molecular formula is C15H24NO3+. The third-order valence-electron chi connectivity index (χ3n) is 3.16. The fraction of sp³-hybridized carbons (Fsp3) is 0.467. The molecule has 1 aromatic rings. The van der Waals surface area contributed by atoms with Crippen LogP contribution in [0.25, 0.3) is 0 Å². The topological polar surface area (TPSA) is 44.3 Å². The van der Waals surface area contributed by atoms with Crippen molar-refractivity contribution in [2.45, 2.75) is 18.9 Å². The summed E-state index contributed by atoms with van der Waals surface area (Å²) in [6, 6.07) is 4.47. The normalized spacial score (nSPS) is 11.8. The summed E-state index contributed by atoms with van der Waals surface area (Å²) in [7, 11) is 6.95. The van der Waals surface area contributed by atoms with Crippen molar-refractivity contribution >= 4 is 0 Å². The molecule has 0 spiro atoms. The maximum Gasteiger partial charge on any atom is 0.203 e. The van der Waals surface area contributed by atoms with Gasteiger partial charge in [-0.1, -0.05) is 6.08 Å². The van der Waals surface area contributed by atoms with Gasteiger partial charge in [-0.05, 0) is 17.7 Å². The van der Waals surface area contributed by atoms with E-state index in [2.05, 4.69) is 18.9 Å². The third-order valence-corrected chi connectivity index (χ3v) is 3.16. The van der Waals surface area contributed by atoms with Crippen LogP contribution >= 0.6 is 0 Å². The summed E-state index contributed by atoms with van der Waals surface area (Å²) in [6.45, 7) is 3.80. The molecule has 0 saturated carbocycles. The van der Waals surface area contributed by atoms with Crippen LogP contribution in [-0.4, -0.2) is 34.4 Å². The zero-order valence-corrected chi connectivity index (χ0v) is 12.2. The first-order valence-corrected chi connectivity index (χ1v) is 6.39. The van der Waals surface area contributed by atoms with Gasteiger partial charge in [-0.3, -0.25) is 0 Å². The molecule has 1 atom stereocenters. The van der Waals surface area contributed by atoms with Gasteiger partial charge in [-0.25, -0.2) is 0 Å². The Morgan fingerprint density at radius 3 is 2.11 bits per heavy atom. The van der Waals surface area contributed by atoms with E-state index < -0.39 is 0 Å². The van der Waals surface area contributed by atoms with E-state index in [4.69, 9.17) is 14.2 Å². The Bertz CT molecular complexity index is 393. The highest BCUT2D eigenvalue weighted by Crippen LogP contribution is 2.38. The third kappa shape index (κ3) is 3.89. The Morgan fingerprint density at radius 1 is 1.16 bits per heavy atom. The van der Waals surface area contributed by atoms with Crippen LogP contribution in [0.15, 0.2) is 24.8 Å². The van der Waals surface area contributed by atoms with E-state index in [9.17, 15) is 0 Å². The van der Waals surface area contributed by atoms with Crippen molar-refractivity contribution in [2.24, 2.45) is 0 Å². The Kier molecular flexibility index (Phi) is 6.22. The first kappa shape index (κ1) is 15.4. The molecule has 4 nitrogen and oxygen atoms in total. The second-order valence-corrected chi connectivity index (χ2v) is 4.36. The van der Waals surface area contributed by atoms with Crippen molar-refractivity contribution in [3.63, 3.8) is 0 Å². The summed E-state index contributed by atoms with van der Waals surface area (Å²) in [5, 5.41) is 2.20. The van der Waals surface area contributed by atoms with E-state index in [1.807, 2.05) is 18.2 Å². The van der Waals surface area contributed by atoms with E-state index in [0.29, 0.717) is 23.3 Å². The molecule has 4 heteroatoms. The number of rotatable bonds is 8. The van der Waals surface area contributed by atoms with Gasteiger partial charge in [0.25, 0.3) is 0 Å². The van der Waals surface area contributed by atoms with Crippen LogP contribution < -0.4 is 19.5 Å². The quantitative estimate of drug-likeness (QED) is 0.723. The fourth-order valence-corrected chi connectivity index (χ4v) is 2.11. The van der Waals surface area contributed by atoms with Crippen molar-refractivity contribution in [3.8, 4) is 17.2 Å². The predicted octanol–water partition coefficient (Wildman–Crippen LogP) is 1.39. The maximum atomic E-state index is 5.36. The molecule has 0 saturated heterocycles. The molecule has 0 aliphatic carbocycles. The van der Waals surface area contributed by atoms with Gasteiger partial charge >= 0.3 is 0 Å². The van der Waals surface area contributed by atoms with Crippen LogP contribution in [0, 0.1) is 0 Å². The number of benzene rings is 1. The second-order valence-electron chi connectivity index (χ2n) is 4.36. The Morgan fingerprint density at radius 2 is 1.74 bits per heavy atom. The first-order valence-electron chi connectivity index (χ1n) is 6.39. The smallest absolute Gasteiger partial charge is 0.203 e. The molecule has 0 aliphatic heterocycles. The molecule has 0 amide bonds. The molecule has 0 aliphatic rings. The van der Waals surface area contributed by atoms with E-state index in [0.717, 1.165) is 12.8 Å². The predicted molar refractivity (Wildman–Crippen MR) is 76.3 cm³/mol. The number of hydrogen-bond donors (Lipinski definition) is 1. The highest BCUT2D eigenvalue weighted by molar-refractivity contribution is 5.53. The van der Waals surface area contributed by atoms with Crippen LogP contribution in [0.5, 0.6) is 17.2 Å². The number of methoxy groups -OCH3 is 3. The summed E-state index contributed by atoms with van der Waals surface area (Å²) in [5.74, 6) is 2.03. The van der Waals surface area contributed by atoms with Crippen LogP contribution in [0.4, 0.5) is 0 Å². The molecule has 0 heterocycles. The van der Waals surface area contributed by atoms with E-state index in [1.54, 1.807) is 21.3 Å². The van der Waals surface area contributed by atoms with Crippen molar-refractivity contribution in [2.75, 3.05) is 28.4 Å². The van der Waals surface area contributed by atoms with Crippen LogP contribution in [0.3, 0.4) is 0 Å². The van der Waals surface area contributed by atoms with Crippen LogP contribution in [-0.2, 0) is 6.42 Å². The lowest BCUT2D eigenvalue weighted by Gasteiger charge is -2.16. The summed E-state index contributed by atoms with van der Waals surface area (Å²) in [5.41, 5.74) is 1.17. The molecule has 0 unspecified atom stereocenters. The van der Waals surface area contributed by atoms with E-state index in [-0.39, 0.29) is 0 Å². The minimum absolute atomic E-state index is 0.473. The molecule has 0 bridgehead atoms. The number of hydrogen-bond acceptors (Lipinski definition) is 3. The Hall–Kier alpha value is -1.68.